The predicted molar refractivity (Wildman–Crippen MR) is 79.4 cm³/mol. The zero-order chi connectivity index (χ0) is 17.9. The summed E-state index contributed by atoms with van der Waals surface area (Å²) in [4.78, 5) is 42.9. The third-order valence-corrected chi connectivity index (χ3v) is 4.43. The Bertz CT molecular complexity index is 529. The SMILES string of the molecule is COC(=O)C(=O)[C@@]1(Cl)NC(=O)[C@@H]1C(C)OC(=O)OC(Cl)C(Cl)Cl. The number of hydrogen-bond donors (Lipinski definition) is 1. The van der Waals surface area contributed by atoms with Crippen molar-refractivity contribution >= 4 is 70.2 Å². The van der Waals surface area contributed by atoms with E-state index in [1.54, 1.807) is 0 Å². The molecule has 1 saturated heterocycles. The van der Waals surface area contributed by atoms with Crippen LogP contribution in [0.2, 0.25) is 0 Å². The fourth-order valence-corrected chi connectivity index (χ4v) is 2.43. The van der Waals surface area contributed by atoms with Crippen molar-refractivity contribution in [3.8, 4) is 0 Å². The van der Waals surface area contributed by atoms with Crippen LogP contribution in [-0.2, 0) is 28.6 Å². The maximum absolute atomic E-state index is 11.8. The number of ether oxygens (including phenoxy) is 3. The van der Waals surface area contributed by atoms with Crippen LogP contribution in [0.5, 0.6) is 0 Å². The van der Waals surface area contributed by atoms with Crippen LogP contribution >= 0.6 is 46.4 Å². The average molecular weight is 411 g/mol. The van der Waals surface area contributed by atoms with E-state index < -0.39 is 51.2 Å². The van der Waals surface area contributed by atoms with Gasteiger partial charge in [-0.05, 0) is 6.92 Å². The van der Waals surface area contributed by atoms with Gasteiger partial charge in [0.25, 0.3) is 5.78 Å². The van der Waals surface area contributed by atoms with Gasteiger partial charge in [0.05, 0.1) is 7.11 Å². The van der Waals surface area contributed by atoms with E-state index in [0.29, 0.717) is 0 Å². The van der Waals surface area contributed by atoms with Crippen LogP contribution in [0, 0.1) is 5.92 Å². The summed E-state index contributed by atoms with van der Waals surface area (Å²) in [6.45, 7) is 1.27. The van der Waals surface area contributed by atoms with Crippen molar-refractivity contribution < 1.29 is 33.4 Å². The van der Waals surface area contributed by atoms with Crippen molar-refractivity contribution in [3.05, 3.63) is 0 Å². The van der Waals surface area contributed by atoms with Crippen molar-refractivity contribution in [1.29, 1.82) is 0 Å². The van der Waals surface area contributed by atoms with E-state index in [0.717, 1.165) is 7.11 Å². The number of hydrogen-bond acceptors (Lipinski definition) is 7. The lowest BCUT2D eigenvalue weighted by atomic mass is 9.82. The van der Waals surface area contributed by atoms with Gasteiger partial charge in [-0.1, -0.05) is 46.4 Å². The smallest absolute Gasteiger partial charge is 0.463 e. The third-order valence-electron chi connectivity index (χ3n) is 2.88. The van der Waals surface area contributed by atoms with E-state index in [2.05, 4.69) is 14.8 Å². The number of esters is 1. The molecule has 0 bridgehead atoms. The number of carbonyl (C=O) groups is 4. The van der Waals surface area contributed by atoms with E-state index in [1.807, 2.05) is 0 Å². The van der Waals surface area contributed by atoms with Crippen LogP contribution in [-0.4, -0.2) is 52.4 Å². The molecule has 2 unspecified atom stereocenters. The first-order valence-corrected chi connectivity index (χ1v) is 7.66. The quantitative estimate of drug-likeness (QED) is 0.231. The number of carbonyl (C=O) groups excluding carboxylic acids is 4. The number of methoxy groups -OCH3 is 1. The molecule has 0 radical (unpaired) electrons. The highest BCUT2D eigenvalue weighted by Gasteiger charge is 2.63. The monoisotopic (exact) mass is 409 g/mol. The van der Waals surface area contributed by atoms with E-state index in [1.165, 1.54) is 6.92 Å². The number of Topliss-reactive ketones (excluding diaryl/α,β-unsaturated/α-hetero) is 1. The van der Waals surface area contributed by atoms with Crippen molar-refractivity contribution in [2.75, 3.05) is 7.11 Å². The first kappa shape index (κ1) is 20.1. The molecule has 1 N–H and O–H groups in total. The minimum Gasteiger partial charge on any atom is -0.463 e. The molecule has 0 aromatic heterocycles. The number of alkyl halides is 4. The van der Waals surface area contributed by atoms with Gasteiger partial charge in [-0.2, -0.15) is 0 Å². The van der Waals surface area contributed by atoms with Crippen LogP contribution < -0.4 is 5.32 Å². The number of ketones is 1. The Morgan fingerprint density at radius 3 is 2.22 bits per heavy atom. The van der Waals surface area contributed by atoms with E-state index in [9.17, 15) is 19.2 Å². The van der Waals surface area contributed by atoms with E-state index >= 15 is 0 Å². The van der Waals surface area contributed by atoms with Gasteiger partial charge in [0.15, 0.2) is 4.84 Å². The van der Waals surface area contributed by atoms with Gasteiger partial charge in [-0.25, -0.2) is 9.59 Å². The Labute approximate surface area is 150 Å². The Morgan fingerprint density at radius 1 is 1.22 bits per heavy atom. The van der Waals surface area contributed by atoms with Gasteiger partial charge < -0.3 is 19.5 Å². The Morgan fingerprint density at radius 2 is 1.78 bits per heavy atom. The number of β-lactam (4-membered cyclic amide) rings is 1. The second-order valence-corrected chi connectivity index (χ2v) is 6.57. The lowest BCUT2D eigenvalue weighted by molar-refractivity contribution is -0.162. The molecule has 0 saturated carbocycles. The summed E-state index contributed by atoms with van der Waals surface area (Å²) in [5, 5.41) is 2.07. The minimum atomic E-state index is -2.08. The van der Waals surface area contributed by atoms with Gasteiger partial charge in [-0.3, -0.25) is 9.59 Å². The largest absolute Gasteiger partial charge is 0.510 e. The zero-order valence-corrected chi connectivity index (χ0v) is 14.7. The highest BCUT2D eigenvalue weighted by atomic mass is 35.5. The summed E-state index contributed by atoms with van der Waals surface area (Å²) < 4.78 is 13.6. The zero-order valence-electron chi connectivity index (χ0n) is 11.7. The molecule has 1 fully saturated rings. The van der Waals surface area contributed by atoms with Crippen molar-refractivity contribution in [2.24, 2.45) is 5.92 Å². The lowest BCUT2D eigenvalue weighted by Crippen LogP contribution is -2.74. The molecule has 1 amide bonds. The third kappa shape index (κ3) is 4.32. The van der Waals surface area contributed by atoms with Gasteiger partial charge in [0, 0.05) is 0 Å². The topological polar surface area (TPSA) is 108 Å². The molecule has 0 aliphatic carbocycles. The van der Waals surface area contributed by atoms with Crippen molar-refractivity contribution in [2.45, 2.75) is 28.4 Å². The molecule has 8 nitrogen and oxygen atoms in total. The molecule has 1 heterocycles. The Kier molecular flexibility index (Phi) is 6.76. The molecule has 0 aromatic carbocycles. The molecule has 1 aliphatic rings. The maximum atomic E-state index is 11.8. The number of nitrogens with one attached hydrogen (secondary N) is 1. The van der Waals surface area contributed by atoms with Crippen LogP contribution in [0.3, 0.4) is 0 Å². The summed E-state index contributed by atoms with van der Waals surface area (Å²) in [5.41, 5.74) is -1.38. The number of halogens is 4. The minimum absolute atomic E-state index is 0.701. The number of amides is 1. The van der Waals surface area contributed by atoms with Crippen molar-refractivity contribution in [3.63, 3.8) is 0 Å². The first-order valence-electron chi connectivity index (χ1n) is 5.97. The molecule has 4 atom stereocenters. The summed E-state index contributed by atoms with van der Waals surface area (Å²) in [5.74, 6) is -4.49. The van der Waals surface area contributed by atoms with Gasteiger partial charge >= 0.3 is 12.1 Å². The Balaban J connectivity index is 2.76. The molecule has 0 aromatic rings. The lowest BCUT2D eigenvalue weighted by Gasteiger charge is -2.44. The van der Waals surface area contributed by atoms with Gasteiger partial charge in [0.1, 0.15) is 12.0 Å². The van der Waals surface area contributed by atoms with Crippen LogP contribution in [0.1, 0.15) is 6.92 Å². The van der Waals surface area contributed by atoms with Crippen molar-refractivity contribution in [1.82, 2.24) is 5.32 Å². The highest BCUT2D eigenvalue weighted by Crippen LogP contribution is 2.37. The van der Waals surface area contributed by atoms with Gasteiger partial charge in [0.2, 0.25) is 16.5 Å². The molecule has 1 rings (SSSR count). The summed E-state index contributed by atoms with van der Waals surface area (Å²) >= 11 is 22.2. The van der Waals surface area contributed by atoms with Crippen LogP contribution in [0.25, 0.3) is 0 Å². The highest BCUT2D eigenvalue weighted by molar-refractivity contribution is 6.53. The molecule has 1 aliphatic heterocycles. The molecular formula is C11H11Cl4NO7. The average Bonchev–Trinajstić information content (AvgIpc) is 2.43. The molecular weight excluding hydrogens is 400 g/mol. The van der Waals surface area contributed by atoms with Crippen LogP contribution in [0.15, 0.2) is 0 Å². The second-order valence-electron chi connectivity index (χ2n) is 4.38. The summed E-state index contributed by atoms with van der Waals surface area (Å²) in [6.07, 6.45) is -2.50. The van der Waals surface area contributed by atoms with E-state index in [4.69, 9.17) is 51.1 Å². The molecule has 23 heavy (non-hydrogen) atoms. The normalized spacial score (nSPS) is 25.7. The summed E-state index contributed by atoms with van der Waals surface area (Å²) in [6, 6.07) is 0. The standard InChI is InChI=1S/C11H11Cl4NO7/c1-3(22-10(20)23-7(14)6(12)13)4-8(18)16-11(4,15)5(17)9(19)21-2/h3-4,6-7H,1-2H3,(H,16,18)/t3?,4-,7?,11-/m0/s1. The van der Waals surface area contributed by atoms with E-state index in [-0.39, 0.29) is 0 Å². The predicted octanol–water partition coefficient (Wildman–Crippen LogP) is 1.32. The fraction of sp³-hybridized carbons (Fsp3) is 0.636. The maximum Gasteiger partial charge on any atom is 0.510 e. The molecule has 0 spiro atoms. The van der Waals surface area contributed by atoms with Gasteiger partial charge in [-0.15, -0.1) is 0 Å². The molecule has 130 valence electrons. The van der Waals surface area contributed by atoms with Crippen LogP contribution in [0.4, 0.5) is 4.79 Å². The first-order chi connectivity index (χ1) is 10.5. The second kappa shape index (κ2) is 7.74. The molecule has 12 heteroatoms. The Hall–Kier alpha value is -0.960. The fourth-order valence-electron chi connectivity index (χ4n) is 1.80. The summed E-state index contributed by atoms with van der Waals surface area (Å²) in [7, 11) is 0.975. The number of rotatable bonds is 6.